The minimum Gasteiger partial charge on any atom is -0.340 e. The normalized spacial score (nSPS) is 11.4. The summed E-state index contributed by atoms with van der Waals surface area (Å²) in [6, 6.07) is 10.5. The minimum atomic E-state index is 0.185. The van der Waals surface area contributed by atoms with E-state index in [1.54, 1.807) is 0 Å². The Bertz CT molecular complexity index is 568. The van der Waals surface area contributed by atoms with Crippen molar-refractivity contribution in [3.05, 3.63) is 52.1 Å². The standard InChI is InChI=1S/C16H19BrN2/c1-11-9-15(18-10-14(11)17)19-13-7-5-12(6-8-13)16(2,3)4/h5-10H,1-4H3,(H,18,19). The number of nitrogens with zero attached hydrogens (tertiary/aromatic N) is 1. The van der Waals surface area contributed by atoms with Crippen LogP contribution >= 0.6 is 15.9 Å². The summed E-state index contributed by atoms with van der Waals surface area (Å²) in [4.78, 5) is 4.35. The molecule has 0 aliphatic heterocycles. The van der Waals surface area contributed by atoms with Crippen LogP contribution in [0.15, 0.2) is 41.0 Å². The van der Waals surface area contributed by atoms with Crippen LogP contribution in [-0.2, 0) is 5.41 Å². The maximum absolute atomic E-state index is 4.35. The molecule has 0 fully saturated rings. The average Bonchev–Trinajstić information content (AvgIpc) is 2.33. The molecule has 3 heteroatoms. The first-order valence-corrected chi connectivity index (χ1v) is 7.15. The van der Waals surface area contributed by atoms with Gasteiger partial charge in [0.15, 0.2) is 0 Å². The van der Waals surface area contributed by atoms with Crippen molar-refractivity contribution in [1.82, 2.24) is 4.98 Å². The smallest absolute Gasteiger partial charge is 0.130 e. The zero-order chi connectivity index (χ0) is 14.0. The van der Waals surface area contributed by atoms with Gasteiger partial charge >= 0.3 is 0 Å². The summed E-state index contributed by atoms with van der Waals surface area (Å²) in [6.07, 6.45) is 1.82. The number of halogens is 1. The number of hydrogen-bond acceptors (Lipinski definition) is 2. The lowest BCUT2D eigenvalue weighted by molar-refractivity contribution is 0.590. The van der Waals surface area contributed by atoms with E-state index in [-0.39, 0.29) is 5.41 Å². The molecule has 0 aliphatic carbocycles. The van der Waals surface area contributed by atoms with Crippen LogP contribution in [-0.4, -0.2) is 4.98 Å². The molecule has 2 aromatic rings. The highest BCUT2D eigenvalue weighted by Crippen LogP contribution is 2.25. The Morgan fingerprint density at radius 1 is 1.11 bits per heavy atom. The SMILES string of the molecule is Cc1cc(Nc2ccc(C(C)(C)C)cc2)ncc1Br. The summed E-state index contributed by atoms with van der Waals surface area (Å²) in [5, 5.41) is 3.32. The second kappa shape index (κ2) is 5.33. The molecule has 0 aliphatic rings. The van der Waals surface area contributed by atoms with Gasteiger partial charge in [0, 0.05) is 16.4 Å². The van der Waals surface area contributed by atoms with Crippen LogP contribution in [0.4, 0.5) is 11.5 Å². The fourth-order valence-corrected chi connectivity index (χ4v) is 2.03. The molecule has 2 nitrogen and oxygen atoms in total. The van der Waals surface area contributed by atoms with Gasteiger partial charge in [-0.3, -0.25) is 0 Å². The van der Waals surface area contributed by atoms with E-state index in [2.05, 4.69) is 78.2 Å². The van der Waals surface area contributed by atoms with Crippen molar-refractivity contribution < 1.29 is 0 Å². The largest absolute Gasteiger partial charge is 0.340 e. The Morgan fingerprint density at radius 2 is 1.74 bits per heavy atom. The highest BCUT2D eigenvalue weighted by molar-refractivity contribution is 9.10. The lowest BCUT2D eigenvalue weighted by Crippen LogP contribution is -2.10. The molecule has 0 spiro atoms. The van der Waals surface area contributed by atoms with Crippen molar-refractivity contribution >= 4 is 27.4 Å². The van der Waals surface area contributed by atoms with E-state index in [4.69, 9.17) is 0 Å². The fourth-order valence-electron chi connectivity index (χ4n) is 1.81. The van der Waals surface area contributed by atoms with Crippen LogP contribution in [0.3, 0.4) is 0 Å². The molecular formula is C16H19BrN2. The molecule has 1 heterocycles. The van der Waals surface area contributed by atoms with E-state index in [0.717, 1.165) is 16.0 Å². The molecule has 1 N–H and O–H groups in total. The monoisotopic (exact) mass is 318 g/mol. The molecule has 2 rings (SSSR count). The van der Waals surface area contributed by atoms with Crippen LogP contribution < -0.4 is 5.32 Å². The van der Waals surface area contributed by atoms with Gasteiger partial charge in [0.05, 0.1) is 0 Å². The second-order valence-corrected chi connectivity index (χ2v) is 6.63. The average molecular weight is 319 g/mol. The number of hydrogen-bond donors (Lipinski definition) is 1. The predicted octanol–water partition coefficient (Wildman–Crippen LogP) is 5.19. The van der Waals surface area contributed by atoms with E-state index in [0.29, 0.717) is 0 Å². The Labute approximate surface area is 123 Å². The highest BCUT2D eigenvalue weighted by Gasteiger charge is 2.12. The van der Waals surface area contributed by atoms with Gasteiger partial charge in [-0.1, -0.05) is 32.9 Å². The zero-order valence-electron chi connectivity index (χ0n) is 11.8. The molecule has 0 saturated carbocycles. The van der Waals surface area contributed by atoms with Crippen molar-refractivity contribution in [1.29, 1.82) is 0 Å². The minimum absolute atomic E-state index is 0.185. The third-order valence-corrected chi connectivity index (χ3v) is 3.90. The molecule has 0 radical (unpaired) electrons. The van der Waals surface area contributed by atoms with Crippen LogP contribution in [0.25, 0.3) is 0 Å². The van der Waals surface area contributed by atoms with E-state index in [1.807, 2.05) is 12.3 Å². The zero-order valence-corrected chi connectivity index (χ0v) is 13.4. The van der Waals surface area contributed by atoms with Crippen LogP contribution in [0.2, 0.25) is 0 Å². The molecule has 0 atom stereocenters. The van der Waals surface area contributed by atoms with Gasteiger partial charge in [-0.25, -0.2) is 4.98 Å². The van der Waals surface area contributed by atoms with E-state index in [1.165, 1.54) is 11.1 Å². The van der Waals surface area contributed by atoms with Gasteiger partial charge in [0.1, 0.15) is 5.82 Å². The van der Waals surface area contributed by atoms with Crippen LogP contribution in [0, 0.1) is 6.92 Å². The van der Waals surface area contributed by atoms with E-state index >= 15 is 0 Å². The van der Waals surface area contributed by atoms with Gasteiger partial charge in [-0.15, -0.1) is 0 Å². The number of pyridine rings is 1. The van der Waals surface area contributed by atoms with Gasteiger partial charge in [-0.05, 0) is 57.6 Å². The summed E-state index contributed by atoms with van der Waals surface area (Å²) < 4.78 is 1.03. The third kappa shape index (κ3) is 3.57. The van der Waals surface area contributed by atoms with Crippen LogP contribution in [0.5, 0.6) is 0 Å². The molecular weight excluding hydrogens is 300 g/mol. The summed E-state index contributed by atoms with van der Waals surface area (Å²) in [7, 11) is 0. The molecule has 1 aromatic heterocycles. The van der Waals surface area contributed by atoms with Gasteiger partial charge < -0.3 is 5.32 Å². The van der Waals surface area contributed by atoms with E-state index < -0.39 is 0 Å². The number of nitrogens with one attached hydrogen (secondary N) is 1. The molecule has 0 unspecified atom stereocenters. The summed E-state index contributed by atoms with van der Waals surface area (Å²) in [5.41, 5.74) is 3.74. The molecule has 0 bridgehead atoms. The number of rotatable bonds is 2. The summed E-state index contributed by atoms with van der Waals surface area (Å²) in [5.74, 6) is 0.865. The van der Waals surface area contributed by atoms with Crippen molar-refractivity contribution in [2.45, 2.75) is 33.1 Å². The Balaban J connectivity index is 2.17. The Morgan fingerprint density at radius 3 is 2.26 bits per heavy atom. The molecule has 100 valence electrons. The molecule has 1 aromatic carbocycles. The van der Waals surface area contributed by atoms with Crippen molar-refractivity contribution in [2.75, 3.05) is 5.32 Å². The lowest BCUT2D eigenvalue weighted by Gasteiger charge is -2.19. The van der Waals surface area contributed by atoms with Gasteiger partial charge in [0.25, 0.3) is 0 Å². The third-order valence-electron chi connectivity index (χ3n) is 3.07. The maximum Gasteiger partial charge on any atom is 0.130 e. The number of anilines is 2. The lowest BCUT2D eigenvalue weighted by atomic mass is 9.87. The second-order valence-electron chi connectivity index (χ2n) is 5.77. The first kappa shape index (κ1) is 14.1. The molecule has 0 saturated heterocycles. The Kier molecular flexibility index (Phi) is 3.95. The summed E-state index contributed by atoms with van der Waals surface area (Å²) in [6.45, 7) is 8.71. The maximum atomic E-state index is 4.35. The van der Waals surface area contributed by atoms with Crippen LogP contribution in [0.1, 0.15) is 31.9 Å². The Hall–Kier alpha value is -1.35. The van der Waals surface area contributed by atoms with Crippen molar-refractivity contribution in [2.24, 2.45) is 0 Å². The number of benzene rings is 1. The highest BCUT2D eigenvalue weighted by atomic mass is 79.9. The van der Waals surface area contributed by atoms with E-state index in [9.17, 15) is 0 Å². The summed E-state index contributed by atoms with van der Waals surface area (Å²) >= 11 is 3.46. The quantitative estimate of drug-likeness (QED) is 0.823. The van der Waals surface area contributed by atoms with Gasteiger partial charge in [-0.2, -0.15) is 0 Å². The predicted molar refractivity (Wildman–Crippen MR) is 85.1 cm³/mol. The first-order chi connectivity index (χ1) is 8.86. The topological polar surface area (TPSA) is 24.9 Å². The number of aryl methyl sites for hydroxylation is 1. The number of aromatic nitrogens is 1. The molecule has 0 amide bonds. The first-order valence-electron chi connectivity index (χ1n) is 6.36. The van der Waals surface area contributed by atoms with Crippen molar-refractivity contribution in [3.63, 3.8) is 0 Å². The molecule has 19 heavy (non-hydrogen) atoms. The fraction of sp³-hybridized carbons (Fsp3) is 0.312. The van der Waals surface area contributed by atoms with Crippen molar-refractivity contribution in [3.8, 4) is 0 Å². The van der Waals surface area contributed by atoms with Gasteiger partial charge in [0.2, 0.25) is 0 Å².